The maximum absolute atomic E-state index is 13.8. The van der Waals surface area contributed by atoms with Crippen molar-refractivity contribution in [3.8, 4) is 5.00 Å². The fourth-order valence-electron chi connectivity index (χ4n) is 5.32. The highest BCUT2D eigenvalue weighted by molar-refractivity contribution is 7.12. The van der Waals surface area contributed by atoms with Crippen molar-refractivity contribution in [2.75, 3.05) is 13.1 Å². The molecule has 0 saturated carbocycles. The molecule has 1 unspecified atom stereocenters. The number of halogens is 2. The predicted octanol–water partition coefficient (Wildman–Crippen LogP) is 3.30. The van der Waals surface area contributed by atoms with Gasteiger partial charge in [0.25, 0.3) is 11.8 Å². The van der Waals surface area contributed by atoms with E-state index in [9.17, 15) is 18.4 Å². The summed E-state index contributed by atoms with van der Waals surface area (Å²) in [6.45, 7) is 0.735. The second kappa shape index (κ2) is 7.95. The summed E-state index contributed by atoms with van der Waals surface area (Å²) in [5.41, 5.74) is -0.0454. The minimum Gasteiger partial charge on any atom is -0.342 e. The van der Waals surface area contributed by atoms with Crippen molar-refractivity contribution in [1.29, 1.82) is 0 Å². The fraction of sp³-hybridized carbons (Fsp3) is 0.391. The highest BCUT2D eigenvalue weighted by atomic mass is 32.1. The standard InChI is InChI=1S/C23H21F2N5O3S/c24-15-11-14(12-16(25)13-15)18-1-2-19-29(18)22(32)23(33-19)4-8-28(9-5-23)20(31)17-3-10-34-21(17)30-26-6-7-27-30/h3,6-7,10-13,18-19H,1-2,4-5,8-9H2/t18-,19?/m0/s1. The highest BCUT2D eigenvalue weighted by Gasteiger charge is 2.58. The van der Waals surface area contributed by atoms with Crippen LogP contribution in [0.3, 0.4) is 0 Å². The molecule has 2 aromatic heterocycles. The van der Waals surface area contributed by atoms with Gasteiger partial charge in [-0.3, -0.25) is 9.59 Å². The van der Waals surface area contributed by atoms with Crippen molar-refractivity contribution in [3.63, 3.8) is 0 Å². The van der Waals surface area contributed by atoms with Gasteiger partial charge in [-0.25, -0.2) is 8.78 Å². The van der Waals surface area contributed by atoms with Crippen LogP contribution in [0.2, 0.25) is 0 Å². The molecule has 0 N–H and O–H groups in total. The molecule has 3 aliphatic heterocycles. The smallest absolute Gasteiger partial charge is 0.257 e. The number of nitrogens with zero attached hydrogens (tertiary/aromatic N) is 5. The second-order valence-corrected chi connectivity index (χ2v) is 9.72. The summed E-state index contributed by atoms with van der Waals surface area (Å²) < 4.78 is 33.9. The van der Waals surface area contributed by atoms with Crippen LogP contribution in [0.25, 0.3) is 5.00 Å². The third-order valence-electron chi connectivity index (χ3n) is 6.92. The van der Waals surface area contributed by atoms with E-state index in [1.807, 2.05) is 5.38 Å². The number of thiophene rings is 1. The van der Waals surface area contributed by atoms with Gasteiger partial charge in [-0.2, -0.15) is 10.2 Å². The lowest BCUT2D eigenvalue weighted by Crippen LogP contribution is -2.51. The molecule has 8 nitrogen and oxygen atoms in total. The van der Waals surface area contributed by atoms with Gasteiger partial charge in [0.05, 0.1) is 24.0 Å². The Morgan fingerprint density at radius 1 is 1.09 bits per heavy atom. The van der Waals surface area contributed by atoms with Crippen molar-refractivity contribution in [2.24, 2.45) is 0 Å². The third kappa shape index (κ3) is 3.33. The zero-order chi connectivity index (χ0) is 23.4. The Balaban J connectivity index is 1.18. The van der Waals surface area contributed by atoms with Crippen LogP contribution >= 0.6 is 11.3 Å². The van der Waals surface area contributed by atoms with Crippen LogP contribution in [-0.4, -0.2) is 61.5 Å². The van der Waals surface area contributed by atoms with Gasteiger partial charge in [0.2, 0.25) is 0 Å². The molecule has 2 amide bonds. The molecule has 0 radical (unpaired) electrons. The monoisotopic (exact) mass is 485 g/mol. The van der Waals surface area contributed by atoms with E-state index in [1.54, 1.807) is 28.3 Å². The van der Waals surface area contributed by atoms with E-state index in [0.29, 0.717) is 54.9 Å². The van der Waals surface area contributed by atoms with Crippen LogP contribution < -0.4 is 0 Å². The van der Waals surface area contributed by atoms with E-state index in [2.05, 4.69) is 10.2 Å². The molecular weight excluding hydrogens is 464 g/mol. The first-order chi connectivity index (χ1) is 16.4. The molecule has 176 valence electrons. The number of carbonyl (C=O) groups excluding carboxylic acids is 2. The Labute approximate surface area is 197 Å². The number of benzene rings is 1. The Kier molecular flexibility index (Phi) is 4.99. The first kappa shape index (κ1) is 21.4. The van der Waals surface area contributed by atoms with Gasteiger partial charge in [0.1, 0.15) is 17.9 Å². The van der Waals surface area contributed by atoms with Crippen LogP contribution in [0.15, 0.2) is 42.0 Å². The molecular formula is C23H21F2N5O3S. The van der Waals surface area contributed by atoms with Gasteiger partial charge in [-0.05, 0) is 42.0 Å². The normalized spacial score (nSPS) is 23.6. The first-order valence-corrected chi connectivity index (χ1v) is 12.0. The summed E-state index contributed by atoms with van der Waals surface area (Å²) in [6.07, 6.45) is 4.62. The van der Waals surface area contributed by atoms with Crippen molar-refractivity contribution < 1.29 is 23.1 Å². The minimum atomic E-state index is -1.01. The fourth-order valence-corrected chi connectivity index (χ4v) is 6.12. The van der Waals surface area contributed by atoms with E-state index in [-0.39, 0.29) is 11.8 Å². The zero-order valence-electron chi connectivity index (χ0n) is 18.1. The number of hydrogen-bond acceptors (Lipinski definition) is 6. The van der Waals surface area contributed by atoms with E-state index in [4.69, 9.17) is 4.74 Å². The van der Waals surface area contributed by atoms with E-state index < -0.39 is 29.5 Å². The molecule has 5 heterocycles. The summed E-state index contributed by atoms with van der Waals surface area (Å²) in [5, 5.41) is 10.7. The molecule has 1 spiro atoms. The van der Waals surface area contributed by atoms with Gasteiger partial charge in [0.15, 0.2) is 10.6 Å². The number of hydrogen-bond donors (Lipinski definition) is 0. The molecule has 3 aliphatic rings. The molecule has 0 aliphatic carbocycles. The first-order valence-electron chi connectivity index (χ1n) is 11.2. The number of amides is 2. The van der Waals surface area contributed by atoms with Gasteiger partial charge < -0.3 is 14.5 Å². The van der Waals surface area contributed by atoms with Crippen molar-refractivity contribution in [3.05, 3.63) is 64.8 Å². The summed E-state index contributed by atoms with van der Waals surface area (Å²) in [5.74, 6) is -1.62. The van der Waals surface area contributed by atoms with Crippen LogP contribution in [0.5, 0.6) is 0 Å². The van der Waals surface area contributed by atoms with Crippen molar-refractivity contribution >= 4 is 23.2 Å². The average molecular weight is 486 g/mol. The number of likely N-dealkylation sites (tertiary alicyclic amines) is 1. The molecule has 3 saturated heterocycles. The number of ether oxygens (including phenoxy) is 1. The molecule has 11 heteroatoms. The number of fused-ring (bicyclic) bond motifs is 1. The Hall–Kier alpha value is -3.18. The van der Waals surface area contributed by atoms with Gasteiger partial charge in [-0.1, -0.05) is 0 Å². The Morgan fingerprint density at radius 3 is 2.50 bits per heavy atom. The topological polar surface area (TPSA) is 80.6 Å². The van der Waals surface area contributed by atoms with Crippen molar-refractivity contribution in [2.45, 2.75) is 43.6 Å². The van der Waals surface area contributed by atoms with Crippen LogP contribution in [0.4, 0.5) is 8.78 Å². The highest BCUT2D eigenvalue weighted by Crippen LogP contribution is 2.48. The van der Waals surface area contributed by atoms with Crippen LogP contribution in [0.1, 0.15) is 47.6 Å². The average Bonchev–Trinajstić information content (AvgIpc) is 3.60. The van der Waals surface area contributed by atoms with Crippen LogP contribution in [-0.2, 0) is 9.53 Å². The van der Waals surface area contributed by atoms with E-state index in [1.165, 1.54) is 28.3 Å². The molecule has 0 bridgehead atoms. The number of aromatic nitrogens is 3. The molecule has 3 aromatic rings. The number of carbonyl (C=O) groups is 2. The van der Waals surface area contributed by atoms with Crippen molar-refractivity contribution in [1.82, 2.24) is 24.8 Å². The maximum atomic E-state index is 13.8. The van der Waals surface area contributed by atoms with Gasteiger partial charge >= 0.3 is 0 Å². The lowest BCUT2D eigenvalue weighted by atomic mass is 9.89. The van der Waals surface area contributed by atoms with Gasteiger partial charge in [0, 0.05) is 32.0 Å². The summed E-state index contributed by atoms with van der Waals surface area (Å²) >= 11 is 1.38. The SMILES string of the molecule is O=C(c1ccsc1-n1nccn1)N1CCC2(CC1)OC1CC[C@@H](c3cc(F)cc(F)c3)N1C2=O. The Morgan fingerprint density at radius 2 is 1.79 bits per heavy atom. The van der Waals surface area contributed by atoms with E-state index >= 15 is 0 Å². The maximum Gasteiger partial charge on any atom is 0.257 e. The summed E-state index contributed by atoms with van der Waals surface area (Å²) in [4.78, 5) is 31.5. The molecule has 1 aromatic carbocycles. The van der Waals surface area contributed by atoms with Gasteiger partial charge in [-0.15, -0.1) is 16.1 Å². The lowest BCUT2D eigenvalue weighted by Gasteiger charge is -2.37. The largest absolute Gasteiger partial charge is 0.342 e. The lowest BCUT2D eigenvalue weighted by molar-refractivity contribution is -0.142. The number of rotatable bonds is 3. The zero-order valence-corrected chi connectivity index (χ0v) is 18.9. The summed E-state index contributed by atoms with van der Waals surface area (Å²) in [6, 6.07) is 4.72. The molecule has 2 atom stereocenters. The third-order valence-corrected chi connectivity index (χ3v) is 7.80. The molecule has 6 rings (SSSR count). The predicted molar refractivity (Wildman–Crippen MR) is 117 cm³/mol. The van der Waals surface area contributed by atoms with Crippen LogP contribution in [0, 0.1) is 11.6 Å². The summed E-state index contributed by atoms with van der Waals surface area (Å²) in [7, 11) is 0. The minimum absolute atomic E-state index is 0.137. The second-order valence-electron chi connectivity index (χ2n) is 8.83. The number of piperidine rings is 1. The van der Waals surface area contributed by atoms with E-state index in [0.717, 1.165) is 6.07 Å². The molecule has 3 fully saturated rings. The Bertz CT molecular complexity index is 1240. The quantitative estimate of drug-likeness (QED) is 0.569. The molecule has 34 heavy (non-hydrogen) atoms.